The molecule has 2 aromatic rings. The maximum atomic E-state index is 8.78. The summed E-state index contributed by atoms with van der Waals surface area (Å²) >= 11 is 6.09. The molecule has 2 N–H and O–H groups in total. The Hall–Kier alpha value is -2.18. The first kappa shape index (κ1) is 13.3. The van der Waals surface area contributed by atoms with Crippen molar-refractivity contribution in [3.05, 3.63) is 58.1 Å². The molecule has 0 atom stereocenters. The van der Waals surface area contributed by atoms with Gasteiger partial charge >= 0.3 is 0 Å². The molecule has 0 aromatic heterocycles. The Bertz CT molecular complexity index is 627. The van der Waals surface area contributed by atoms with Gasteiger partial charge in [0.1, 0.15) is 12.4 Å². The average molecular weight is 273 g/mol. The van der Waals surface area contributed by atoms with E-state index in [1.807, 2.05) is 25.1 Å². The van der Waals surface area contributed by atoms with Crippen LogP contribution in [0.4, 0.5) is 5.69 Å². The van der Waals surface area contributed by atoms with Gasteiger partial charge in [0.05, 0.1) is 17.3 Å². The molecule has 0 heterocycles. The van der Waals surface area contributed by atoms with Crippen molar-refractivity contribution in [3.63, 3.8) is 0 Å². The highest BCUT2D eigenvalue weighted by molar-refractivity contribution is 6.31. The first-order valence-electron chi connectivity index (χ1n) is 5.78. The van der Waals surface area contributed by atoms with Crippen LogP contribution in [0.1, 0.15) is 16.7 Å². The van der Waals surface area contributed by atoms with Gasteiger partial charge in [0.15, 0.2) is 0 Å². The van der Waals surface area contributed by atoms with Gasteiger partial charge in [-0.2, -0.15) is 5.26 Å². The van der Waals surface area contributed by atoms with Crippen LogP contribution in [0.15, 0.2) is 36.4 Å². The van der Waals surface area contributed by atoms with E-state index in [1.54, 1.807) is 24.3 Å². The highest BCUT2D eigenvalue weighted by Crippen LogP contribution is 2.27. The van der Waals surface area contributed by atoms with Gasteiger partial charge < -0.3 is 10.5 Å². The maximum Gasteiger partial charge on any atom is 0.145 e. The number of para-hydroxylation sites is 1. The van der Waals surface area contributed by atoms with Crippen molar-refractivity contribution in [1.29, 1.82) is 5.26 Å². The van der Waals surface area contributed by atoms with Gasteiger partial charge in [0.25, 0.3) is 0 Å². The van der Waals surface area contributed by atoms with Gasteiger partial charge in [-0.25, -0.2) is 0 Å². The van der Waals surface area contributed by atoms with E-state index in [4.69, 9.17) is 27.3 Å². The molecule has 0 fully saturated rings. The second-order valence-electron chi connectivity index (χ2n) is 4.20. The monoisotopic (exact) mass is 272 g/mol. The van der Waals surface area contributed by atoms with Crippen molar-refractivity contribution < 1.29 is 4.74 Å². The number of rotatable bonds is 3. The zero-order valence-electron chi connectivity index (χ0n) is 10.5. The minimum Gasteiger partial charge on any atom is -0.486 e. The average Bonchev–Trinajstić information content (AvgIpc) is 2.39. The third-order valence-electron chi connectivity index (χ3n) is 2.80. The van der Waals surface area contributed by atoms with Gasteiger partial charge in [-0.15, -0.1) is 0 Å². The van der Waals surface area contributed by atoms with E-state index in [2.05, 4.69) is 0 Å². The summed E-state index contributed by atoms with van der Waals surface area (Å²) in [5.41, 5.74) is 8.80. The van der Waals surface area contributed by atoms with E-state index in [0.717, 1.165) is 11.1 Å². The van der Waals surface area contributed by atoms with Crippen LogP contribution in [0.5, 0.6) is 5.75 Å². The van der Waals surface area contributed by atoms with Crippen LogP contribution in [-0.4, -0.2) is 0 Å². The van der Waals surface area contributed by atoms with Gasteiger partial charge in [0.2, 0.25) is 0 Å². The maximum absolute atomic E-state index is 8.78. The zero-order valence-corrected chi connectivity index (χ0v) is 11.2. The normalized spacial score (nSPS) is 9.95. The third kappa shape index (κ3) is 2.98. The topological polar surface area (TPSA) is 59.0 Å². The van der Waals surface area contributed by atoms with Crippen molar-refractivity contribution in [3.8, 4) is 11.8 Å². The number of benzene rings is 2. The largest absolute Gasteiger partial charge is 0.486 e. The van der Waals surface area contributed by atoms with Crippen LogP contribution in [0.3, 0.4) is 0 Å². The lowest BCUT2D eigenvalue weighted by Gasteiger charge is -2.12. The Morgan fingerprint density at radius 1 is 1.32 bits per heavy atom. The van der Waals surface area contributed by atoms with Gasteiger partial charge in [-0.3, -0.25) is 0 Å². The van der Waals surface area contributed by atoms with Crippen LogP contribution >= 0.6 is 11.6 Å². The number of ether oxygens (including phenoxy) is 1. The standard InChI is InChI=1S/C15H13ClN2O/c1-10-3-2-4-14(18)15(10)19-9-12-6-5-11(8-17)7-13(12)16/h2-7H,9,18H2,1H3. The summed E-state index contributed by atoms with van der Waals surface area (Å²) in [6.45, 7) is 2.26. The molecule has 4 heteroatoms. The number of nitriles is 1. The van der Waals surface area contributed by atoms with Crippen LogP contribution in [0.2, 0.25) is 5.02 Å². The highest BCUT2D eigenvalue weighted by Gasteiger charge is 2.07. The number of halogens is 1. The summed E-state index contributed by atoms with van der Waals surface area (Å²) < 4.78 is 5.72. The summed E-state index contributed by atoms with van der Waals surface area (Å²) in [5.74, 6) is 0.669. The predicted molar refractivity (Wildman–Crippen MR) is 76.1 cm³/mol. The van der Waals surface area contributed by atoms with E-state index in [1.165, 1.54) is 0 Å². The number of hydrogen-bond acceptors (Lipinski definition) is 3. The van der Waals surface area contributed by atoms with E-state index >= 15 is 0 Å². The molecule has 0 unspecified atom stereocenters. The molecule has 19 heavy (non-hydrogen) atoms. The Morgan fingerprint density at radius 3 is 2.74 bits per heavy atom. The van der Waals surface area contributed by atoms with Crippen LogP contribution in [0.25, 0.3) is 0 Å². The van der Waals surface area contributed by atoms with E-state index in [9.17, 15) is 0 Å². The second-order valence-corrected chi connectivity index (χ2v) is 4.61. The van der Waals surface area contributed by atoms with Crippen molar-refractivity contribution in [2.45, 2.75) is 13.5 Å². The fourth-order valence-corrected chi connectivity index (χ4v) is 1.99. The van der Waals surface area contributed by atoms with Crippen LogP contribution in [-0.2, 0) is 6.61 Å². The number of nitrogens with two attached hydrogens (primary N) is 1. The van der Waals surface area contributed by atoms with Gasteiger partial charge in [-0.05, 0) is 30.7 Å². The van der Waals surface area contributed by atoms with E-state index < -0.39 is 0 Å². The SMILES string of the molecule is Cc1cccc(N)c1OCc1ccc(C#N)cc1Cl. The number of anilines is 1. The predicted octanol–water partition coefficient (Wildman–Crippen LogP) is 3.68. The van der Waals surface area contributed by atoms with Crippen LogP contribution < -0.4 is 10.5 Å². The molecule has 0 radical (unpaired) electrons. The number of nitrogen functional groups attached to an aromatic ring is 1. The third-order valence-corrected chi connectivity index (χ3v) is 3.15. The Labute approximate surface area is 117 Å². The first-order chi connectivity index (χ1) is 9.11. The number of nitrogens with zero attached hydrogens (tertiary/aromatic N) is 1. The lowest BCUT2D eigenvalue weighted by molar-refractivity contribution is 0.306. The molecule has 0 saturated heterocycles. The molecule has 0 saturated carbocycles. The quantitative estimate of drug-likeness (QED) is 0.867. The summed E-state index contributed by atoms with van der Waals surface area (Å²) in [4.78, 5) is 0. The van der Waals surface area contributed by atoms with Crippen molar-refractivity contribution in [1.82, 2.24) is 0 Å². The zero-order chi connectivity index (χ0) is 13.8. The molecule has 2 rings (SSSR count). The fraction of sp³-hybridized carbons (Fsp3) is 0.133. The molecule has 3 nitrogen and oxygen atoms in total. The van der Waals surface area contributed by atoms with Crippen molar-refractivity contribution in [2.75, 3.05) is 5.73 Å². The Kier molecular flexibility index (Phi) is 3.94. The summed E-state index contributed by atoms with van der Waals surface area (Å²) in [5, 5.41) is 9.30. The molecule has 0 spiro atoms. The number of hydrogen-bond donors (Lipinski definition) is 1. The highest BCUT2D eigenvalue weighted by atomic mass is 35.5. The summed E-state index contributed by atoms with van der Waals surface area (Å²) in [7, 11) is 0. The molecule has 2 aromatic carbocycles. The molecule has 0 amide bonds. The summed E-state index contributed by atoms with van der Waals surface area (Å²) in [6.07, 6.45) is 0. The second kappa shape index (κ2) is 5.64. The minimum atomic E-state index is 0.319. The molecule has 0 aliphatic carbocycles. The fourth-order valence-electron chi connectivity index (χ4n) is 1.76. The van der Waals surface area contributed by atoms with Crippen molar-refractivity contribution in [2.24, 2.45) is 0 Å². The van der Waals surface area contributed by atoms with E-state index in [-0.39, 0.29) is 0 Å². The molecule has 0 aliphatic heterocycles. The van der Waals surface area contributed by atoms with Gasteiger partial charge in [0, 0.05) is 10.6 Å². The number of aryl methyl sites for hydroxylation is 1. The lowest BCUT2D eigenvalue weighted by Crippen LogP contribution is -2.01. The lowest BCUT2D eigenvalue weighted by atomic mass is 10.1. The van der Waals surface area contributed by atoms with E-state index in [0.29, 0.717) is 28.6 Å². The first-order valence-corrected chi connectivity index (χ1v) is 6.16. The smallest absolute Gasteiger partial charge is 0.145 e. The molecule has 96 valence electrons. The van der Waals surface area contributed by atoms with Crippen LogP contribution in [0, 0.1) is 18.3 Å². The molecular weight excluding hydrogens is 260 g/mol. The summed E-state index contributed by atoms with van der Waals surface area (Å²) in [6, 6.07) is 12.8. The molecular formula is C15H13ClN2O. The van der Waals surface area contributed by atoms with Gasteiger partial charge in [-0.1, -0.05) is 29.8 Å². The molecule has 0 bridgehead atoms. The molecule has 0 aliphatic rings. The Morgan fingerprint density at radius 2 is 2.11 bits per heavy atom. The Balaban J connectivity index is 2.17. The minimum absolute atomic E-state index is 0.319. The van der Waals surface area contributed by atoms with Crippen molar-refractivity contribution >= 4 is 17.3 Å².